The van der Waals surface area contributed by atoms with E-state index in [0.29, 0.717) is 0 Å². The Bertz CT molecular complexity index is 582. The van der Waals surface area contributed by atoms with E-state index in [1.807, 2.05) is 11.3 Å². The standard InChI is InChI=1S/C17H21NS/c18-17(13-8-4-2-1-3-5-9-13)15-12-19-16-11-7-6-10-14(15)16/h6-8,10-12,17H,1-5,9,18H2/b13-8+. The van der Waals surface area contributed by atoms with Crippen molar-refractivity contribution < 1.29 is 0 Å². The van der Waals surface area contributed by atoms with Gasteiger partial charge in [0.1, 0.15) is 0 Å². The van der Waals surface area contributed by atoms with Crippen molar-refractivity contribution in [2.45, 2.75) is 44.6 Å². The van der Waals surface area contributed by atoms with E-state index in [4.69, 9.17) is 5.73 Å². The van der Waals surface area contributed by atoms with Gasteiger partial charge in [0.15, 0.2) is 0 Å². The summed E-state index contributed by atoms with van der Waals surface area (Å²) < 4.78 is 1.35. The molecule has 0 saturated heterocycles. The van der Waals surface area contributed by atoms with E-state index in [2.05, 4.69) is 35.7 Å². The van der Waals surface area contributed by atoms with Gasteiger partial charge in [-0.15, -0.1) is 11.3 Å². The van der Waals surface area contributed by atoms with Gasteiger partial charge in [-0.25, -0.2) is 0 Å². The first-order valence-corrected chi connectivity index (χ1v) is 8.15. The van der Waals surface area contributed by atoms with Crippen molar-refractivity contribution in [1.82, 2.24) is 0 Å². The van der Waals surface area contributed by atoms with Gasteiger partial charge in [-0.05, 0) is 48.1 Å². The van der Waals surface area contributed by atoms with Crippen LogP contribution in [0.4, 0.5) is 0 Å². The first-order chi connectivity index (χ1) is 9.36. The molecule has 0 radical (unpaired) electrons. The largest absolute Gasteiger partial charge is 0.321 e. The van der Waals surface area contributed by atoms with Crippen molar-refractivity contribution in [1.29, 1.82) is 0 Å². The molecule has 3 rings (SSSR count). The molecular weight excluding hydrogens is 250 g/mol. The fraction of sp³-hybridized carbons (Fsp3) is 0.412. The summed E-state index contributed by atoms with van der Waals surface area (Å²) in [7, 11) is 0. The number of rotatable bonds is 2. The molecule has 1 aliphatic rings. The maximum absolute atomic E-state index is 6.54. The quantitative estimate of drug-likeness (QED) is 0.748. The van der Waals surface area contributed by atoms with Gasteiger partial charge in [0.25, 0.3) is 0 Å². The molecular formula is C17H21NS. The van der Waals surface area contributed by atoms with Crippen LogP contribution in [0.25, 0.3) is 10.1 Å². The lowest BCUT2D eigenvalue weighted by Gasteiger charge is -2.18. The molecule has 0 saturated carbocycles. The molecule has 0 bridgehead atoms. The van der Waals surface area contributed by atoms with Crippen LogP contribution >= 0.6 is 11.3 Å². The Kier molecular flexibility index (Phi) is 4.00. The third-order valence-electron chi connectivity index (χ3n) is 4.07. The van der Waals surface area contributed by atoms with E-state index < -0.39 is 0 Å². The lowest BCUT2D eigenvalue weighted by molar-refractivity contribution is 0.603. The van der Waals surface area contributed by atoms with E-state index in [9.17, 15) is 0 Å². The lowest BCUT2D eigenvalue weighted by atomic mass is 9.91. The highest BCUT2D eigenvalue weighted by atomic mass is 32.1. The third-order valence-corrected chi connectivity index (χ3v) is 5.05. The highest BCUT2D eigenvalue weighted by Crippen LogP contribution is 2.34. The lowest BCUT2D eigenvalue weighted by Crippen LogP contribution is -2.13. The van der Waals surface area contributed by atoms with Crippen molar-refractivity contribution in [3.8, 4) is 0 Å². The number of allylic oxidation sites excluding steroid dienone is 1. The van der Waals surface area contributed by atoms with Crippen molar-refractivity contribution in [3.63, 3.8) is 0 Å². The predicted octanol–water partition coefficient (Wildman–Crippen LogP) is 5.18. The Labute approximate surface area is 119 Å². The molecule has 1 heterocycles. The van der Waals surface area contributed by atoms with Gasteiger partial charge in [0, 0.05) is 4.70 Å². The van der Waals surface area contributed by atoms with Crippen molar-refractivity contribution in [3.05, 3.63) is 46.9 Å². The van der Waals surface area contributed by atoms with E-state index in [0.717, 1.165) is 0 Å². The van der Waals surface area contributed by atoms with Crippen LogP contribution in [-0.4, -0.2) is 0 Å². The summed E-state index contributed by atoms with van der Waals surface area (Å²) in [4.78, 5) is 0. The minimum atomic E-state index is 0.0919. The Morgan fingerprint density at radius 3 is 2.84 bits per heavy atom. The van der Waals surface area contributed by atoms with Gasteiger partial charge >= 0.3 is 0 Å². The van der Waals surface area contributed by atoms with Gasteiger partial charge in [-0.3, -0.25) is 0 Å². The van der Waals surface area contributed by atoms with Gasteiger partial charge < -0.3 is 5.73 Å². The first kappa shape index (κ1) is 12.9. The van der Waals surface area contributed by atoms with Gasteiger partial charge in [-0.2, -0.15) is 0 Å². The summed E-state index contributed by atoms with van der Waals surface area (Å²) >= 11 is 1.81. The molecule has 2 aromatic rings. The summed E-state index contributed by atoms with van der Waals surface area (Å²) in [6.07, 6.45) is 10.1. The van der Waals surface area contributed by atoms with Crippen LogP contribution in [0.5, 0.6) is 0 Å². The molecule has 1 aromatic heterocycles. The molecule has 1 aromatic carbocycles. The monoisotopic (exact) mass is 271 g/mol. The summed E-state index contributed by atoms with van der Waals surface area (Å²) in [5.74, 6) is 0. The molecule has 0 spiro atoms. The molecule has 0 fully saturated rings. The zero-order valence-electron chi connectivity index (χ0n) is 11.3. The zero-order valence-corrected chi connectivity index (χ0v) is 12.1. The number of hydrogen-bond acceptors (Lipinski definition) is 2. The van der Waals surface area contributed by atoms with Crippen molar-refractivity contribution >= 4 is 21.4 Å². The van der Waals surface area contributed by atoms with Gasteiger partial charge in [-0.1, -0.05) is 42.7 Å². The second kappa shape index (κ2) is 5.89. The summed E-state index contributed by atoms with van der Waals surface area (Å²) in [5, 5.41) is 3.58. The number of nitrogens with two attached hydrogens (primary N) is 1. The predicted molar refractivity (Wildman–Crippen MR) is 84.5 cm³/mol. The summed E-state index contributed by atoms with van der Waals surface area (Å²) in [6.45, 7) is 0. The summed E-state index contributed by atoms with van der Waals surface area (Å²) in [6, 6.07) is 8.68. The Balaban J connectivity index is 1.92. The normalized spacial score (nSPS) is 21.4. The van der Waals surface area contributed by atoms with Crippen LogP contribution in [0.3, 0.4) is 0 Å². The fourth-order valence-corrected chi connectivity index (χ4v) is 3.94. The van der Waals surface area contributed by atoms with Gasteiger partial charge in [0.05, 0.1) is 6.04 Å². The van der Waals surface area contributed by atoms with Crippen LogP contribution in [0, 0.1) is 0 Å². The minimum Gasteiger partial charge on any atom is -0.321 e. The smallest absolute Gasteiger partial charge is 0.0525 e. The number of benzene rings is 1. The topological polar surface area (TPSA) is 26.0 Å². The number of fused-ring (bicyclic) bond motifs is 1. The molecule has 1 nitrogen and oxygen atoms in total. The minimum absolute atomic E-state index is 0.0919. The van der Waals surface area contributed by atoms with E-state index in [1.165, 1.54) is 59.7 Å². The molecule has 19 heavy (non-hydrogen) atoms. The molecule has 0 amide bonds. The molecule has 1 aliphatic carbocycles. The fourth-order valence-electron chi connectivity index (χ4n) is 2.94. The maximum Gasteiger partial charge on any atom is 0.0525 e. The van der Waals surface area contributed by atoms with E-state index in [1.54, 1.807) is 0 Å². The maximum atomic E-state index is 6.54. The molecule has 2 heteroatoms. The van der Waals surface area contributed by atoms with Crippen LogP contribution in [0.1, 0.15) is 50.1 Å². The van der Waals surface area contributed by atoms with Crippen molar-refractivity contribution in [2.75, 3.05) is 0 Å². The molecule has 0 aliphatic heterocycles. The van der Waals surface area contributed by atoms with Gasteiger partial charge in [0.2, 0.25) is 0 Å². The SMILES string of the molecule is NC(/C1=C/CCCCCC1)c1csc2ccccc12. The highest BCUT2D eigenvalue weighted by Gasteiger charge is 2.16. The molecule has 1 atom stereocenters. The Morgan fingerprint density at radius 2 is 1.89 bits per heavy atom. The molecule has 100 valence electrons. The molecule has 2 N–H and O–H groups in total. The number of thiophene rings is 1. The third kappa shape index (κ3) is 2.75. The molecule has 1 unspecified atom stereocenters. The van der Waals surface area contributed by atoms with Crippen LogP contribution in [-0.2, 0) is 0 Å². The average molecular weight is 271 g/mol. The first-order valence-electron chi connectivity index (χ1n) is 7.27. The van der Waals surface area contributed by atoms with E-state index in [-0.39, 0.29) is 6.04 Å². The second-order valence-corrected chi connectivity index (χ2v) is 6.31. The second-order valence-electron chi connectivity index (χ2n) is 5.40. The summed E-state index contributed by atoms with van der Waals surface area (Å²) in [5.41, 5.74) is 9.30. The van der Waals surface area contributed by atoms with Crippen molar-refractivity contribution in [2.24, 2.45) is 5.73 Å². The van der Waals surface area contributed by atoms with Crippen LogP contribution in [0.2, 0.25) is 0 Å². The van der Waals surface area contributed by atoms with Crippen LogP contribution in [0.15, 0.2) is 41.3 Å². The Hall–Kier alpha value is -1.12. The highest BCUT2D eigenvalue weighted by molar-refractivity contribution is 7.17. The van der Waals surface area contributed by atoms with E-state index >= 15 is 0 Å². The number of hydrogen-bond donors (Lipinski definition) is 1. The zero-order chi connectivity index (χ0) is 13.1. The Morgan fingerprint density at radius 1 is 1.05 bits per heavy atom. The average Bonchev–Trinajstić information content (AvgIpc) is 2.81. The van der Waals surface area contributed by atoms with Crippen LogP contribution < -0.4 is 5.73 Å².